The summed E-state index contributed by atoms with van der Waals surface area (Å²) in [4.78, 5) is 44.7. The fourth-order valence-corrected chi connectivity index (χ4v) is 6.28. The van der Waals surface area contributed by atoms with Crippen molar-refractivity contribution in [2.45, 2.75) is 71.9 Å². The molecule has 2 amide bonds. The van der Waals surface area contributed by atoms with E-state index < -0.39 is 12.1 Å². The number of carbonyl (C=O) groups is 2. The molecule has 264 valence electrons. The topological polar surface area (TPSA) is 157 Å². The third-order valence-corrected chi connectivity index (χ3v) is 9.18. The first-order valence-corrected chi connectivity index (χ1v) is 16.9. The maximum Gasteiger partial charge on any atom is 0.247 e. The molecule has 12 nitrogen and oxygen atoms in total. The zero-order chi connectivity index (χ0) is 36.1. The largest absolute Gasteiger partial charge is 0.493 e. The molecule has 1 heterocycles. The Morgan fingerprint density at radius 2 is 1.70 bits per heavy atom. The van der Waals surface area contributed by atoms with Gasteiger partial charge >= 0.3 is 0 Å². The Kier molecular flexibility index (Phi) is 11.1. The Bertz CT molecular complexity index is 1920. The predicted octanol–water partition coefficient (Wildman–Crippen LogP) is 6.24. The summed E-state index contributed by atoms with van der Waals surface area (Å²) < 4.78 is 17.2. The fourth-order valence-electron chi connectivity index (χ4n) is 6.28. The number of ether oxygens (including phenoxy) is 3. The first-order valence-electron chi connectivity index (χ1n) is 16.9. The molecule has 3 atom stereocenters. The van der Waals surface area contributed by atoms with Gasteiger partial charge in [0.05, 0.1) is 33.1 Å². The van der Waals surface area contributed by atoms with Gasteiger partial charge in [0.2, 0.25) is 23.0 Å². The molecule has 12 heteroatoms. The minimum atomic E-state index is -0.728. The number of amides is 2. The van der Waals surface area contributed by atoms with Gasteiger partial charge in [-0.3, -0.25) is 19.5 Å². The molecule has 0 saturated heterocycles. The van der Waals surface area contributed by atoms with Gasteiger partial charge in [-0.2, -0.15) is 5.10 Å². The average molecular weight is 683 g/mol. The maximum absolute atomic E-state index is 14.0. The minimum absolute atomic E-state index is 0.121. The van der Waals surface area contributed by atoms with Gasteiger partial charge in [-0.1, -0.05) is 40.2 Å². The van der Waals surface area contributed by atoms with E-state index in [4.69, 9.17) is 14.2 Å². The molecule has 0 spiro atoms. The van der Waals surface area contributed by atoms with Gasteiger partial charge in [0.15, 0.2) is 17.3 Å². The molecule has 0 radical (unpaired) electrons. The summed E-state index contributed by atoms with van der Waals surface area (Å²) >= 11 is 0. The number of nitrogens with one attached hydrogen (secondary N) is 4. The number of methoxy groups -OCH3 is 3. The first-order chi connectivity index (χ1) is 24.0. The summed E-state index contributed by atoms with van der Waals surface area (Å²) in [5.74, 6) is 2.40. The van der Waals surface area contributed by atoms with Crippen LogP contribution in [0.25, 0.3) is 22.5 Å². The number of nitrogens with zero attached hydrogens (tertiary/aromatic N) is 2. The van der Waals surface area contributed by atoms with Crippen LogP contribution in [0.4, 0.5) is 11.4 Å². The van der Waals surface area contributed by atoms with Gasteiger partial charge in [0.1, 0.15) is 11.9 Å². The number of anilines is 2. The fraction of sp³-hybridized carbons (Fsp3) is 0.395. The summed E-state index contributed by atoms with van der Waals surface area (Å²) in [6.07, 6.45) is 1.81. The summed E-state index contributed by atoms with van der Waals surface area (Å²) in [5.41, 5.74) is 4.38. The van der Waals surface area contributed by atoms with Crippen LogP contribution < -0.4 is 35.6 Å². The van der Waals surface area contributed by atoms with Gasteiger partial charge < -0.3 is 30.2 Å². The zero-order valence-electron chi connectivity index (χ0n) is 29.9. The van der Waals surface area contributed by atoms with E-state index in [1.807, 2.05) is 52.0 Å². The van der Waals surface area contributed by atoms with Crippen molar-refractivity contribution < 1.29 is 23.8 Å². The second-order valence-electron chi connectivity index (χ2n) is 12.9. The number of aryl methyl sites for hydroxylation is 1. The maximum atomic E-state index is 14.0. The molecule has 0 bridgehead atoms. The standard InChI is InChI=1S/C38H46N6O6/c1-9-21(4)33(38(47)40-25-13-10-23(11-14-25)37-42-36(20(2)3)43-44-37)41-29-17-15-26-27(19-30(29)46)28(39-22(5)45)16-12-24-18-31(48-6)34(49-7)35(50-8)32(24)26/h10-11,13-15,17-21,28,33H,9,12,16H2,1-8H3,(H,39,45)(H,40,47)(H,41,46)(H,42,43,44). The van der Waals surface area contributed by atoms with Crippen LogP contribution in [-0.4, -0.2) is 54.4 Å². The van der Waals surface area contributed by atoms with Crippen LogP contribution in [0, 0.1) is 5.92 Å². The highest BCUT2D eigenvalue weighted by Gasteiger charge is 2.30. The van der Waals surface area contributed by atoms with E-state index in [-0.39, 0.29) is 34.8 Å². The molecule has 0 saturated carbocycles. The Balaban J connectivity index is 1.51. The lowest BCUT2D eigenvalue weighted by atomic mass is 9.95. The number of rotatable bonds is 12. The van der Waals surface area contributed by atoms with E-state index in [2.05, 4.69) is 31.1 Å². The van der Waals surface area contributed by atoms with E-state index in [9.17, 15) is 14.4 Å². The molecule has 3 aromatic carbocycles. The Labute approximate surface area is 292 Å². The van der Waals surface area contributed by atoms with Crippen molar-refractivity contribution in [1.29, 1.82) is 0 Å². The summed E-state index contributed by atoms with van der Waals surface area (Å²) in [6, 6.07) is 13.1. The quantitative estimate of drug-likeness (QED) is 0.136. The molecular weight excluding hydrogens is 636 g/mol. The van der Waals surface area contributed by atoms with Crippen LogP contribution >= 0.6 is 0 Å². The van der Waals surface area contributed by atoms with Gasteiger partial charge in [0.25, 0.3) is 0 Å². The number of benzene rings is 2. The van der Waals surface area contributed by atoms with Gasteiger partial charge in [-0.15, -0.1) is 0 Å². The van der Waals surface area contributed by atoms with E-state index >= 15 is 0 Å². The van der Waals surface area contributed by atoms with Crippen LogP contribution in [-0.2, 0) is 16.0 Å². The Hall–Kier alpha value is -5.39. The Morgan fingerprint density at radius 3 is 2.30 bits per heavy atom. The summed E-state index contributed by atoms with van der Waals surface area (Å²) in [7, 11) is 4.66. The molecule has 5 rings (SSSR count). The number of aromatic nitrogens is 3. The molecule has 1 aliphatic carbocycles. The molecule has 1 aliphatic rings. The average Bonchev–Trinajstić information content (AvgIpc) is 3.49. The second-order valence-corrected chi connectivity index (χ2v) is 12.9. The third kappa shape index (κ3) is 7.44. The molecule has 1 aromatic heterocycles. The molecule has 4 aromatic rings. The normalized spacial score (nSPS) is 14.8. The molecule has 0 fully saturated rings. The number of hydrogen-bond donors (Lipinski definition) is 4. The van der Waals surface area contributed by atoms with Crippen LogP contribution in [0.5, 0.6) is 17.2 Å². The highest BCUT2D eigenvalue weighted by atomic mass is 16.5. The van der Waals surface area contributed by atoms with Crippen molar-refractivity contribution in [2.75, 3.05) is 32.0 Å². The van der Waals surface area contributed by atoms with Crippen LogP contribution in [0.2, 0.25) is 0 Å². The van der Waals surface area contributed by atoms with Crippen molar-refractivity contribution >= 4 is 23.2 Å². The highest BCUT2D eigenvalue weighted by Crippen LogP contribution is 2.50. The molecular formula is C38H46N6O6. The second kappa shape index (κ2) is 15.4. The lowest BCUT2D eigenvalue weighted by Gasteiger charge is -2.24. The minimum Gasteiger partial charge on any atom is -0.493 e. The summed E-state index contributed by atoms with van der Waals surface area (Å²) in [6.45, 7) is 9.50. The zero-order valence-corrected chi connectivity index (χ0v) is 29.9. The third-order valence-electron chi connectivity index (χ3n) is 9.18. The van der Waals surface area contributed by atoms with Gasteiger partial charge in [0, 0.05) is 29.7 Å². The molecule has 4 N–H and O–H groups in total. The van der Waals surface area contributed by atoms with Crippen molar-refractivity contribution in [1.82, 2.24) is 20.5 Å². The lowest BCUT2D eigenvalue weighted by Crippen LogP contribution is -2.40. The lowest BCUT2D eigenvalue weighted by molar-refractivity contribution is -0.120. The smallest absolute Gasteiger partial charge is 0.247 e. The number of carbonyl (C=O) groups excluding carboxylic acids is 2. The number of aromatic amines is 1. The number of fused-ring (bicyclic) bond motifs is 3. The van der Waals surface area contributed by atoms with E-state index in [0.717, 1.165) is 22.5 Å². The molecule has 3 unspecified atom stereocenters. The monoisotopic (exact) mass is 682 g/mol. The Morgan fingerprint density at radius 1 is 0.980 bits per heavy atom. The van der Waals surface area contributed by atoms with Crippen molar-refractivity contribution in [2.24, 2.45) is 5.92 Å². The highest BCUT2D eigenvalue weighted by molar-refractivity contribution is 5.97. The van der Waals surface area contributed by atoms with Crippen LogP contribution in [0.3, 0.4) is 0 Å². The van der Waals surface area contributed by atoms with E-state index in [1.165, 1.54) is 6.92 Å². The molecule has 50 heavy (non-hydrogen) atoms. The summed E-state index contributed by atoms with van der Waals surface area (Å²) in [5, 5.41) is 16.6. The van der Waals surface area contributed by atoms with Crippen molar-refractivity contribution in [3.05, 3.63) is 75.7 Å². The molecule has 0 aliphatic heterocycles. The number of hydrogen-bond acceptors (Lipinski definition) is 9. The number of H-pyrrole nitrogens is 1. The van der Waals surface area contributed by atoms with E-state index in [0.29, 0.717) is 59.1 Å². The van der Waals surface area contributed by atoms with E-state index in [1.54, 1.807) is 45.6 Å². The van der Waals surface area contributed by atoms with Gasteiger partial charge in [-0.25, -0.2) is 4.98 Å². The van der Waals surface area contributed by atoms with Gasteiger partial charge in [-0.05, 0) is 77.9 Å². The van der Waals surface area contributed by atoms with Crippen LogP contribution in [0.1, 0.15) is 76.4 Å². The van der Waals surface area contributed by atoms with Crippen molar-refractivity contribution in [3.8, 4) is 39.8 Å². The first kappa shape index (κ1) is 35.9. The SMILES string of the molecule is CCC(C)C(Nc1ccc2c(cc1=O)C(NC(C)=O)CCc1cc(OC)c(OC)c(OC)c1-2)C(=O)Nc1ccc(-c2n[nH]c(C(C)C)n2)cc1. The van der Waals surface area contributed by atoms with Crippen molar-refractivity contribution in [3.63, 3.8) is 0 Å². The predicted molar refractivity (Wildman–Crippen MR) is 194 cm³/mol. The van der Waals surface area contributed by atoms with Crippen LogP contribution in [0.15, 0.2) is 53.3 Å².